The van der Waals surface area contributed by atoms with Crippen LogP contribution in [-0.2, 0) is 24.1 Å². The number of hydrogen-bond donors (Lipinski definition) is 0. The first-order valence-electron chi connectivity index (χ1n) is 3.02. The molecule has 0 spiro atoms. The summed E-state index contributed by atoms with van der Waals surface area (Å²) < 4.78 is 5.13. The molecule has 1 atom stereocenters. The summed E-state index contributed by atoms with van der Waals surface area (Å²) >= 11 is 1.74. The van der Waals surface area contributed by atoms with Crippen molar-refractivity contribution in [2.75, 3.05) is 0 Å². The van der Waals surface area contributed by atoms with Crippen LogP contribution in [0.3, 0.4) is 0 Å². The summed E-state index contributed by atoms with van der Waals surface area (Å²) in [6.07, 6.45) is 7.69. The van der Waals surface area contributed by atoms with E-state index < -0.39 is 0 Å². The van der Waals surface area contributed by atoms with Gasteiger partial charge in [0.25, 0.3) is 0 Å². The third-order valence-electron chi connectivity index (χ3n) is 1.50. The molecule has 0 fully saturated rings. The Hall–Kier alpha value is 1.02. The van der Waals surface area contributed by atoms with Gasteiger partial charge in [0, 0.05) is 0 Å². The van der Waals surface area contributed by atoms with E-state index in [4.69, 9.17) is 3.32 Å². The molecule has 0 aliphatic heterocycles. The molecule has 1 aliphatic rings. The minimum atomic E-state index is 0. The minimum Gasteiger partial charge on any atom is -1.00 e. The van der Waals surface area contributed by atoms with Crippen LogP contribution in [0.2, 0.25) is 0 Å². The van der Waals surface area contributed by atoms with E-state index in [0.717, 1.165) is 6.42 Å². The van der Waals surface area contributed by atoms with Gasteiger partial charge in [-0.25, -0.2) is 0 Å². The van der Waals surface area contributed by atoms with Gasteiger partial charge in [-0.2, -0.15) is 0 Å². The third kappa shape index (κ3) is 5.63. The Bertz CT molecular complexity index is 159. The summed E-state index contributed by atoms with van der Waals surface area (Å²) in [5.74, 6) is 0. The summed E-state index contributed by atoms with van der Waals surface area (Å²) in [4.78, 5) is 0. The summed E-state index contributed by atoms with van der Waals surface area (Å²) in [5, 5.41) is 0. The molecule has 68 valence electrons. The van der Waals surface area contributed by atoms with E-state index in [1.807, 2.05) is 0 Å². The largest absolute Gasteiger partial charge is 1.00 e. The molecule has 0 bridgehead atoms. The molecule has 1 rings (SSSR count). The fraction of sp³-hybridized carbons (Fsp3) is 0.429. The van der Waals surface area contributed by atoms with Crippen molar-refractivity contribution < 1.29 is 61.4 Å². The second kappa shape index (κ2) is 10.1. The zero-order valence-corrected chi connectivity index (χ0v) is 10.4. The Balaban J connectivity index is -0.000000270. The molecule has 0 aromatic rings. The van der Waals surface area contributed by atoms with Crippen LogP contribution in [-0.4, -0.2) is 6.10 Å². The first-order chi connectivity index (χ1) is 4.34. The molecule has 0 N–H and O–H groups in total. The van der Waals surface area contributed by atoms with Gasteiger partial charge in [0.1, 0.15) is 0 Å². The zero-order valence-electron chi connectivity index (χ0n) is 6.56. The van der Waals surface area contributed by atoms with Crippen molar-refractivity contribution in [2.24, 2.45) is 0 Å². The average Bonchev–Trinajstić information content (AvgIpc) is 2.37. The van der Waals surface area contributed by atoms with Crippen molar-refractivity contribution >= 4 is 0 Å². The SMILES string of the molecule is CC([O][Ti+3])C1=CC=CC1.[Cl-].[Cl-].[Cl-]. The maximum Gasteiger partial charge on any atom is -1.00 e. The Kier molecular flexibility index (Phi) is 15.8. The molecule has 0 aromatic carbocycles. The second-order valence-corrected chi connectivity index (χ2v) is 2.50. The van der Waals surface area contributed by atoms with Crippen LogP contribution in [0.4, 0.5) is 0 Å². The number of allylic oxidation sites excluding steroid dienone is 3. The van der Waals surface area contributed by atoms with Crippen molar-refractivity contribution in [3.8, 4) is 0 Å². The van der Waals surface area contributed by atoms with Crippen molar-refractivity contribution in [1.82, 2.24) is 0 Å². The van der Waals surface area contributed by atoms with Crippen LogP contribution >= 0.6 is 0 Å². The third-order valence-corrected chi connectivity index (χ3v) is 2.05. The Morgan fingerprint density at radius 2 is 2.00 bits per heavy atom. The summed E-state index contributed by atoms with van der Waals surface area (Å²) in [7, 11) is 0. The van der Waals surface area contributed by atoms with E-state index in [1.54, 1.807) is 20.8 Å². The average molecular weight is 263 g/mol. The monoisotopic (exact) mass is 262 g/mol. The van der Waals surface area contributed by atoms with Gasteiger partial charge in [-0.15, -0.1) is 0 Å². The fourth-order valence-electron chi connectivity index (χ4n) is 0.841. The van der Waals surface area contributed by atoms with Crippen molar-refractivity contribution in [3.05, 3.63) is 23.8 Å². The van der Waals surface area contributed by atoms with E-state index in [2.05, 4.69) is 25.2 Å². The second-order valence-electron chi connectivity index (χ2n) is 2.13. The molecular formula is C7H9Cl3OTi. The van der Waals surface area contributed by atoms with Crippen LogP contribution in [0.25, 0.3) is 0 Å². The Morgan fingerprint density at radius 1 is 1.42 bits per heavy atom. The summed E-state index contributed by atoms with van der Waals surface area (Å²) in [6, 6.07) is 0. The van der Waals surface area contributed by atoms with Gasteiger partial charge in [-0.3, -0.25) is 0 Å². The van der Waals surface area contributed by atoms with Crippen molar-refractivity contribution in [2.45, 2.75) is 19.4 Å². The first-order valence-corrected chi connectivity index (χ1v) is 3.66. The maximum absolute atomic E-state index is 5.13. The smallest absolute Gasteiger partial charge is 1.00 e. The molecule has 0 aromatic heterocycles. The van der Waals surface area contributed by atoms with E-state index in [-0.39, 0.29) is 37.2 Å². The van der Waals surface area contributed by atoms with Gasteiger partial charge in [0.2, 0.25) is 0 Å². The van der Waals surface area contributed by atoms with E-state index >= 15 is 0 Å². The van der Waals surface area contributed by atoms with Crippen LogP contribution in [0, 0.1) is 0 Å². The molecule has 1 nitrogen and oxygen atoms in total. The van der Waals surface area contributed by atoms with Gasteiger partial charge < -0.3 is 37.2 Å². The van der Waals surface area contributed by atoms with E-state index in [0.29, 0.717) is 6.10 Å². The van der Waals surface area contributed by atoms with Gasteiger partial charge >= 0.3 is 67.4 Å². The molecule has 0 saturated carbocycles. The molecule has 1 aliphatic carbocycles. The standard InChI is InChI=1S/C7H9O.3ClH.Ti/c1-6(8)7-4-2-3-5-7;;;;/h2-4,6H,5H2,1H3;3*1H;/q-1;;;;+4/p-3. The molecular weight excluding hydrogens is 254 g/mol. The van der Waals surface area contributed by atoms with Crippen molar-refractivity contribution in [3.63, 3.8) is 0 Å². The van der Waals surface area contributed by atoms with Gasteiger partial charge in [-0.05, 0) is 0 Å². The number of rotatable bonds is 2. The number of hydrogen-bond acceptors (Lipinski definition) is 1. The maximum atomic E-state index is 5.13. The van der Waals surface area contributed by atoms with Crippen LogP contribution < -0.4 is 37.2 Å². The molecule has 0 saturated heterocycles. The van der Waals surface area contributed by atoms with Gasteiger partial charge in [0.15, 0.2) is 0 Å². The molecule has 0 radical (unpaired) electrons. The normalized spacial score (nSPS) is 15.1. The predicted octanol–water partition coefficient (Wildman–Crippen LogP) is -7.25. The predicted molar refractivity (Wildman–Crippen MR) is 32.4 cm³/mol. The van der Waals surface area contributed by atoms with Crippen LogP contribution in [0.5, 0.6) is 0 Å². The molecule has 5 heteroatoms. The summed E-state index contributed by atoms with van der Waals surface area (Å²) in [5.41, 5.74) is 1.37. The molecule has 0 amide bonds. The van der Waals surface area contributed by atoms with E-state index in [1.165, 1.54) is 5.57 Å². The minimum absolute atomic E-state index is 0. The van der Waals surface area contributed by atoms with Crippen LogP contribution in [0.1, 0.15) is 13.3 Å². The molecule has 0 heterocycles. The van der Waals surface area contributed by atoms with E-state index in [9.17, 15) is 0 Å². The van der Waals surface area contributed by atoms with Crippen molar-refractivity contribution in [1.29, 1.82) is 0 Å². The Morgan fingerprint density at radius 3 is 2.33 bits per heavy atom. The quantitative estimate of drug-likeness (QED) is 0.450. The molecule has 12 heavy (non-hydrogen) atoms. The summed E-state index contributed by atoms with van der Waals surface area (Å²) in [6.45, 7) is 2.07. The van der Waals surface area contributed by atoms with Gasteiger partial charge in [0.05, 0.1) is 0 Å². The Labute approximate surface area is 104 Å². The van der Waals surface area contributed by atoms with Crippen LogP contribution in [0.15, 0.2) is 23.8 Å². The van der Waals surface area contributed by atoms with Gasteiger partial charge in [-0.1, -0.05) is 0 Å². The fourth-order valence-corrected chi connectivity index (χ4v) is 1.08. The first kappa shape index (κ1) is 18.7. The topological polar surface area (TPSA) is 9.23 Å². The number of halogens is 3. The molecule has 1 unspecified atom stereocenters. The zero-order chi connectivity index (χ0) is 6.69.